The predicted molar refractivity (Wildman–Crippen MR) is 453 cm³/mol. The molecule has 3 aliphatic rings. The van der Waals surface area contributed by atoms with Crippen molar-refractivity contribution in [3.05, 3.63) is 411 Å². The maximum atomic E-state index is 11.9. The highest BCUT2D eigenvalue weighted by Gasteiger charge is 2.53. The largest absolute Gasteiger partial charge is 0.489 e. The van der Waals surface area contributed by atoms with Gasteiger partial charge in [0.25, 0.3) is 0 Å². The van der Waals surface area contributed by atoms with Crippen LogP contribution in [0.25, 0.3) is 141 Å². The summed E-state index contributed by atoms with van der Waals surface area (Å²) in [7, 11) is -1.39. The summed E-state index contributed by atoms with van der Waals surface area (Å²) in [5.41, 5.74) is 17.5. The van der Waals surface area contributed by atoms with Gasteiger partial charge in [-0.25, -0.2) is 0 Å². The number of benzene rings is 19. The van der Waals surface area contributed by atoms with E-state index < -0.39 is 7.12 Å². The molecule has 0 fully saturated rings. The van der Waals surface area contributed by atoms with Crippen molar-refractivity contribution >= 4 is 163 Å². The zero-order valence-electron chi connectivity index (χ0n) is 56.7. The molecule has 105 heavy (non-hydrogen) atoms. The number of hydrogen-bond acceptors (Lipinski definition) is 3. The average Bonchev–Trinajstić information content (AvgIpc) is 1.49. The van der Waals surface area contributed by atoms with Crippen molar-refractivity contribution < 1.29 is 14.8 Å². The van der Waals surface area contributed by atoms with Crippen LogP contribution in [0.4, 0.5) is 0 Å². The number of rotatable bonds is 2. The minimum atomic E-state index is -1.39. The molecule has 0 heterocycles. The lowest BCUT2D eigenvalue weighted by atomic mass is 9.68. The third-order valence-electron chi connectivity index (χ3n) is 21.3. The maximum absolute atomic E-state index is 11.9. The van der Waals surface area contributed by atoms with Gasteiger partial charge in [-0.3, -0.25) is 4.79 Å². The van der Waals surface area contributed by atoms with E-state index in [2.05, 4.69) is 339 Å². The van der Waals surface area contributed by atoms with E-state index >= 15 is 0 Å². The Hall–Kier alpha value is -11.4. The van der Waals surface area contributed by atoms with Crippen molar-refractivity contribution in [1.82, 2.24) is 0 Å². The number of fused-ring (bicyclic) bond motifs is 30. The fourth-order valence-electron chi connectivity index (χ4n) is 16.8. The van der Waals surface area contributed by atoms with Gasteiger partial charge in [-0.1, -0.05) is 388 Å². The Balaban J connectivity index is 0.000000100. The fraction of sp³-hybridized carbons (Fsp3) is 0.0102. The van der Waals surface area contributed by atoms with Crippen molar-refractivity contribution in [2.75, 3.05) is 0 Å². The Labute approximate surface area is 633 Å². The number of carbonyl (C=O) groups excluding carboxylic acids is 1. The molecule has 3 aliphatic carbocycles. The summed E-state index contributed by atoms with van der Waals surface area (Å²) in [4.78, 5) is 11.9. The van der Waals surface area contributed by atoms with Gasteiger partial charge < -0.3 is 10.0 Å². The average molecular weight is 1540 g/mol. The number of hydrogen-bond donors (Lipinski definition) is 2. The van der Waals surface area contributed by atoms with Gasteiger partial charge in [-0.15, -0.1) is 0 Å². The molecule has 0 aliphatic heterocycles. The second-order valence-electron chi connectivity index (χ2n) is 26.8. The Morgan fingerprint density at radius 3 is 1.11 bits per heavy atom. The highest BCUT2D eigenvalue weighted by molar-refractivity contribution is 9.11. The Bertz CT molecular complexity index is 6650. The molecule has 19 aromatic rings. The van der Waals surface area contributed by atoms with Crippen molar-refractivity contribution in [2.24, 2.45) is 0 Å². The Morgan fingerprint density at radius 2 is 0.590 bits per heavy atom. The first-order valence-corrected chi connectivity index (χ1v) is 37.6. The van der Waals surface area contributed by atoms with Crippen LogP contribution in [0.5, 0.6) is 0 Å². The van der Waals surface area contributed by atoms with E-state index in [1.54, 1.807) is 18.2 Å². The lowest BCUT2D eigenvalue weighted by Gasteiger charge is -2.32. The molecular formula is C98H62BBr3O3. The van der Waals surface area contributed by atoms with Crippen LogP contribution in [-0.4, -0.2) is 22.9 Å². The summed E-state index contributed by atoms with van der Waals surface area (Å²) in [6.07, 6.45) is 0. The van der Waals surface area contributed by atoms with Crippen molar-refractivity contribution in [3.63, 3.8) is 0 Å². The molecule has 0 saturated heterocycles. The second kappa shape index (κ2) is 27.3. The summed E-state index contributed by atoms with van der Waals surface area (Å²) in [5.74, 6) is 0.149. The van der Waals surface area contributed by atoms with E-state index in [-0.39, 0.29) is 11.2 Å². The fourth-order valence-corrected chi connectivity index (χ4v) is 18.4. The van der Waals surface area contributed by atoms with Crippen LogP contribution in [0.2, 0.25) is 0 Å². The monoisotopic (exact) mass is 1530 g/mol. The van der Waals surface area contributed by atoms with Crippen LogP contribution < -0.4 is 5.46 Å². The van der Waals surface area contributed by atoms with Crippen LogP contribution >= 0.6 is 47.8 Å². The lowest BCUT2D eigenvalue weighted by molar-refractivity contribution is 0.104. The molecular weight excluding hydrogens is 1480 g/mol. The van der Waals surface area contributed by atoms with E-state index in [1.807, 2.05) is 54.6 Å². The minimum Gasteiger partial charge on any atom is -0.423 e. The molecule has 0 radical (unpaired) electrons. The zero-order valence-corrected chi connectivity index (χ0v) is 61.4. The molecule has 7 heteroatoms. The number of carbonyl (C=O) groups is 1. The molecule has 0 aromatic heterocycles. The van der Waals surface area contributed by atoms with E-state index in [0.29, 0.717) is 9.94 Å². The quantitative estimate of drug-likeness (QED) is 0.134. The van der Waals surface area contributed by atoms with Gasteiger partial charge in [0.2, 0.25) is 0 Å². The van der Waals surface area contributed by atoms with Gasteiger partial charge in [-0.05, 0) is 193 Å². The van der Waals surface area contributed by atoms with Gasteiger partial charge in [-0.2, -0.15) is 0 Å². The smallest absolute Gasteiger partial charge is 0.423 e. The molecule has 496 valence electrons. The molecule has 22 rings (SSSR count). The predicted octanol–water partition coefficient (Wildman–Crippen LogP) is 26.0. The first-order chi connectivity index (χ1) is 51.6. The first-order valence-electron chi connectivity index (χ1n) is 35.2. The lowest BCUT2D eigenvalue weighted by Crippen LogP contribution is -2.30. The third kappa shape index (κ3) is 11.0. The molecule has 0 atom stereocenters. The van der Waals surface area contributed by atoms with Gasteiger partial charge in [0, 0.05) is 24.5 Å². The van der Waals surface area contributed by atoms with Gasteiger partial charge in [0.15, 0.2) is 5.78 Å². The molecule has 0 unspecified atom stereocenters. The third-order valence-corrected chi connectivity index (χ3v) is 23.4. The van der Waals surface area contributed by atoms with E-state index in [9.17, 15) is 4.79 Å². The molecule has 19 aromatic carbocycles. The summed E-state index contributed by atoms with van der Waals surface area (Å²) in [6, 6.07) is 129. The highest BCUT2D eigenvalue weighted by atomic mass is 79.9. The molecule has 1 spiro atoms. The number of halogens is 3. The van der Waals surface area contributed by atoms with Crippen LogP contribution in [0.3, 0.4) is 0 Å². The standard InChI is InChI=1S/C37H22.C24H15Br.C18H11Br.C13H8O.C6H6BBrO2/c1-2-12-24-23(11-1)21-22-29-25-13-3-4-16-28(25)35-30-17-7-10-20-33(30)37(36(35)34(24)29)31-18-8-5-14-26(31)27-15-6-9-19-32(27)37;25-24-12-6-5-11-21(24)23-15-22-17-8-2-1-7-16(17)13-14-20(22)18-9-3-4-10-19(18)23;19-18-11-17-13-6-2-1-5-12(13)9-10-15(17)14-7-3-4-8-16(14)18;14-13-11-7-3-1-5-9(11)10-6-2-4-8-12(10)13;8-6-4-2-1-3-5(6)7(9)10/h1-22H;1-15H;1-11H;1-8H;1-4,9-10H. The maximum Gasteiger partial charge on any atom is 0.489 e. The second-order valence-corrected chi connectivity index (χ2v) is 29.4. The molecule has 0 bridgehead atoms. The summed E-state index contributed by atoms with van der Waals surface area (Å²) >= 11 is 10.6. The van der Waals surface area contributed by atoms with Crippen molar-refractivity contribution in [2.45, 2.75) is 5.41 Å². The zero-order chi connectivity index (χ0) is 70.9. The van der Waals surface area contributed by atoms with Crippen LogP contribution in [0.1, 0.15) is 38.2 Å². The Kier molecular flexibility index (Phi) is 17.1. The topological polar surface area (TPSA) is 57.5 Å². The van der Waals surface area contributed by atoms with Crippen LogP contribution in [0.15, 0.2) is 377 Å². The Morgan fingerprint density at radius 1 is 0.238 bits per heavy atom. The molecule has 3 nitrogen and oxygen atoms in total. The summed E-state index contributed by atoms with van der Waals surface area (Å²) < 4.78 is 3.00. The van der Waals surface area contributed by atoms with Crippen LogP contribution in [0, 0.1) is 0 Å². The van der Waals surface area contributed by atoms with E-state index in [4.69, 9.17) is 10.0 Å². The molecule has 0 saturated carbocycles. The van der Waals surface area contributed by atoms with Crippen molar-refractivity contribution in [1.29, 1.82) is 0 Å². The molecule has 0 amide bonds. The first kappa shape index (κ1) is 65.6. The SMILES string of the molecule is Brc1cc2c3ccccc3ccc2c2ccccc12.Brc1ccccc1-c1cc2c3ccccc3ccc2c2ccccc12.O=C1c2ccccc2-c2ccccc21.OB(O)c1ccccc1Br.c1ccc2c(c1)-c1ccccc1C21c2ccccc2-c2c1c1c3ccccc3ccc1c1ccccc21. The normalized spacial score (nSPS) is 12.3. The van der Waals surface area contributed by atoms with E-state index in [1.165, 1.54) is 153 Å². The van der Waals surface area contributed by atoms with Crippen LogP contribution in [-0.2, 0) is 5.41 Å². The van der Waals surface area contributed by atoms with Crippen molar-refractivity contribution in [3.8, 4) is 44.5 Å². The summed E-state index contributed by atoms with van der Waals surface area (Å²) in [6.45, 7) is 0. The van der Waals surface area contributed by atoms with Gasteiger partial charge in [0.05, 0.1) is 5.41 Å². The van der Waals surface area contributed by atoms with E-state index in [0.717, 1.165) is 31.2 Å². The van der Waals surface area contributed by atoms with Gasteiger partial charge >= 0.3 is 7.12 Å². The number of ketones is 1. The highest BCUT2D eigenvalue weighted by Crippen LogP contribution is 2.66. The minimum absolute atomic E-state index is 0.149. The molecule has 2 N–H and O–H groups in total. The summed E-state index contributed by atoms with van der Waals surface area (Å²) in [5, 5.41) is 41.1. The van der Waals surface area contributed by atoms with Gasteiger partial charge in [0.1, 0.15) is 0 Å².